The Kier molecular flexibility index (Phi) is 3.88. The molecule has 3 nitrogen and oxygen atoms in total. The highest BCUT2D eigenvalue weighted by Gasteiger charge is 2.15. The van der Waals surface area contributed by atoms with Gasteiger partial charge in [0.05, 0.1) is 11.4 Å². The molecule has 1 aromatic carbocycles. The fourth-order valence-corrected chi connectivity index (χ4v) is 2.57. The summed E-state index contributed by atoms with van der Waals surface area (Å²) in [6, 6.07) is 7.39. The van der Waals surface area contributed by atoms with Crippen LogP contribution in [0, 0.1) is 6.92 Å². The molecular weight excluding hydrogens is 316 g/mol. The van der Waals surface area contributed by atoms with Crippen LogP contribution in [0.4, 0.5) is 0 Å². The van der Waals surface area contributed by atoms with E-state index in [9.17, 15) is 4.79 Å². The summed E-state index contributed by atoms with van der Waals surface area (Å²) < 4.78 is 2.58. The van der Waals surface area contributed by atoms with Gasteiger partial charge in [-0.05, 0) is 54.0 Å². The van der Waals surface area contributed by atoms with Crippen LogP contribution in [-0.4, -0.2) is 15.6 Å². The van der Waals surface area contributed by atoms with E-state index in [1.807, 2.05) is 31.2 Å². The quantitative estimate of drug-likeness (QED) is 0.861. The highest BCUT2D eigenvalue weighted by atomic mass is 79.9. The minimum Gasteiger partial charge on any atom is -0.300 e. The van der Waals surface area contributed by atoms with Crippen LogP contribution >= 0.6 is 27.5 Å². The molecule has 5 heteroatoms. The van der Waals surface area contributed by atoms with E-state index in [2.05, 4.69) is 21.0 Å². The molecule has 94 valence electrons. The second-order valence-electron chi connectivity index (χ2n) is 4.12. The molecule has 0 spiro atoms. The first-order valence-electron chi connectivity index (χ1n) is 5.48. The summed E-state index contributed by atoms with van der Waals surface area (Å²) >= 11 is 9.36. The van der Waals surface area contributed by atoms with E-state index >= 15 is 0 Å². The fraction of sp³-hybridized carbons (Fsp3) is 0.231. The number of Topliss-reactive ketones (excluding diaryl/α,β-unsaturated/α-hetero) is 1. The molecule has 0 saturated carbocycles. The maximum absolute atomic E-state index is 11.2. The van der Waals surface area contributed by atoms with Crippen molar-refractivity contribution in [2.75, 3.05) is 0 Å². The first-order valence-corrected chi connectivity index (χ1v) is 6.65. The Morgan fingerprint density at radius 3 is 2.56 bits per heavy atom. The van der Waals surface area contributed by atoms with Gasteiger partial charge in [0.1, 0.15) is 10.4 Å². The molecule has 0 amide bonds. The smallest absolute Gasteiger partial charge is 0.134 e. The molecule has 1 heterocycles. The molecule has 0 fully saturated rings. The van der Waals surface area contributed by atoms with E-state index in [0.29, 0.717) is 11.4 Å². The Balaban J connectivity index is 2.46. The zero-order valence-corrected chi connectivity index (χ0v) is 12.4. The highest BCUT2D eigenvalue weighted by molar-refractivity contribution is 9.10. The van der Waals surface area contributed by atoms with Crippen molar-refractivity contribution in [1.82, 2.24) is 9.78 Å². The van der Waals surface area contributed by atoms with Gasteiger partial charge in [-0.2, -0.15) is 5.10 Å². The van der Waals surface area contributed by atoms with E-state index in [1.165, 1.54) is 0 Å². The third-order valence-corrected chi connectivity index (χ3v) is 3.69. The summed E-state index contributed by atoms with van der Waals surface area (Å²) in [6.45, 7) is 3.47. The molecule has 0 aliphatic carbocycles. The minimum atomic E-state index is 0.120. The van der Waals surface area contributed by atoms with E-state index in [-0.39, 0.29) is 5.78 Å². The molecule has 0 unspecified atom stereocenters. The van der Waals surface area contributed by atoms with Gasteiger partial charge in [0.15, 0.2) is 0 Å². The molecule has 1 aromatic heterocycles. The van der Waals surface area contributed by atoms with Gasteiger partial charge in [-0.25, -0.2) is 4.68 Å². The topological polar surface area (TPSA) is 34.9 Å². The number of carbonyl (C=O) groups excluding carboxylic acids is 1. The Labute approximate surface area is 119 Å². The van der Waals surface area contributed by atoms with Crippen LogP contribution in [0.3, 0.4) is 0 Å². The molecule has 0 N–H and O–H groups in total. The van der Waals surface area contributed by atoms with Crippen molar-refractivity contribution in [2.24, 2.45) is 0 Å². The van der Waals surface area contributed by atoms with Crippen LogP contribution < -0.4 is 0 Å². The molecule has 0 bridgehead atoms. The molecule has 0 saturated heterocycles. The molecule has 0 atom stereocenters. The lowest BCUT2D eigenvalue weighted by molar-refractivity contribution is -0.116. The monoisotopic (exact) mass is 326 g/mol. The van der Waals surface area contributed by atoms with Crippen LogP contribution in [0.25, 0.3) is 5.69 Å². The summed E-state index contributed by atoms with van der Waals surface area (Å²) in [6.07, 6.45) is 0.389. The Hall–Kier alpha value is -1.13. The van der Waals surface area contributed by atoms with Crippen molar-refractivity contribution in [2.45, 2.75) is 20.3 Å². The van der Waals surface area contributed by atoms with Crippen LogP contribution in [0.1, 0.15) is 18.2 Å². The largest absolute Gasteiger partial charge is 0.300 e. The molecule has 0 aliphatic heterocycles. The summed E-state index contributed by atoms with van der Waals surface area (Å²) in [5.74, 6) is 0.120. The van der Waals surface area contributed by atoms with Crippen LogP contribution in [0.5, 0.6) is 0 Å². The number of hydrogen-bond donors (Lipinski definition) is 0. The second kappa shape index (κ2) is 5.24. The van der Waals surface area contributed by atoms with Gasteiger partial charge in [-0.1, -0.05) is 11.6 Å². The Bertz CT molecular complexity index is 590. The van der Waals surface area contributed by atoms with Gasteiger partial charge >= 0.3 is 0 Å². The number of ketones is 1. The van der Waals surface area contributed by atoms with Gasteiger partial charge in [0.25, 0.3) is 0 Å². The number of carbonyl (C=O) groups is 1. The zero-order valence-electron chi connectivity index (χ0n) is 10.1. The maximum atomic E-state index is 11.2. The van der Waals surface area contributed by atoms with Crippen LogP contribution in [0.2, 0.25) is 5.02 Å². The lowest BCUT2D eigenvalue weighted by atomic mass is 10.1. The van der Waals surface area contributed by atoms with Crippen molar-refractivity contribution < 1.29 is 4.79 Å². The number of rotatable bonds is 3. The standard InChI is InChI=1S/C13H12BrClN2O/c1-8(18)7-12-9(2)16-17(13(12)14)11-5-3-10(15)4-6-11/h3-6H,7H2,1-2H3. The van der Waals surface area contributed by atoms with Crippen molar-refractivity contribution in [3.05, 3.63) is 45.1 Å². The van der Waals surface area contributed by atoms with Gasteiger partial charge in [-0.3, -0.25) is 4.79 Å². The number of halogens is 2. The van der Waals surface area contributed by atoms with E-state index in [0.717, 1.165) is 21.5 Å². The first-order chi connectivity index (χ1) is 8.49. The van der Waals surface area contributed by atoms with E-state index in [4.69, 9.17) is 11.6 Å². The maximum Gasteiger partial charge on any atom is 0.134 e. The summed E-state index contributed by atoms with van der Waals surface area (Å²) in [5, 5.41) is 5.12. The Morgan fingerprint density at radius 2 is 2.00 bits per heavy atom. The second-order valence-corrected chi connectivity index (χ2v) is 5.31. The molecule has 18 heavy (non-hydrogen) atoms. The molecule has 0 radical (unpaired) electrons. The van der Waals surface area contributed by atoms with E-state index < -0.39 is 0 Å². The van der Waals surface area contributed by atoms with Gasteiger partial charge in [0, 0.05) is 17.0 Å². The lowest BCUT2D eigenvalue weighted by Crippen LogP contribution is -1.99. The predicted octanol–water partition coefficient (Wildman–Crippen LogP) is 3.73. The average molecular weight is 328 g/mol. The fourth-order valence-electron chi connectivity index (χ4n) is 1.73. The van der Waals surface area contributed by atoms with E-state index in [1.54, 1.807) is 11.6 Å². The van der Waals surface area contributed by atoms with Gasteiger partial charge in [0.2, 0.25) is 0 Å². The summed E-state index contributed by atoms with van der Waals surface area (Å²) in [4.78, 5) is 11.2. The first kappa shape index (κ1) is 13.3. The van der Waals surface area contributed by atoms with Crippen molar-refractivity contribution >= 4 is 33.3 Å². The number of benzene rings is 1. The summed E-state index contributed by atoms with van der Waals surface area (Å²) in [5.41, 5.74) is 2.69. The zero-order chi connectivity index (χ0) is 13.3. The van der Waals surface area contributed by atoms with Crippen LogP contribution in [-0.2, 0) is 11.2 Å². The lowest BCUT2D eigenvalue weighted by Gasteiger charge is -2.03. The predicted molar refractivity (Wildman–Crippen MR) is 75.4 cm³/mol. The van der Waals surface area contributed by atoms with Gasteiger partial charge < -0.3 is 0 Å². The van der Waals surface area contributed by atoms with Crippen molar-refractivity contribution in [1.29, 1.82) is 0 Å². The van der Waals surface area contributed by atoms with Crippen molar-refractivity contribution in [3.8, 4) is 5.69 Å². The van der Waals surface area contributed by atoms with Gasteiger partial charge in [-0.15, -0.1) is 0 Å². The van der Waals surface area contributed by atoms with Crippen molar-refractivity contribution in [3.63, 3.8) is 0 Å². The highest BCUT2D eigenvalue weighted by Crippen LogP contribution is 2.25. The molecule has 2 aromatic rings. The SMILES string of the molecule is CC(=O)Cc1c(C)nn(-c2ccc(Cl)cc2)c1Br. The number of hydrogen-bond acceptors (Lipinski definition) is 2. The Morgan fingerprint density at radius 1 is 1.39 bits per heavy atom. The number of aromatic nitrogens is 2. The number of nitrogens with zero attached hydrogens (tertiary/aromatic N) is 2. The number of aryl methyl sites for hydroxylation is 1. The third-order valence-electron chi connectivity index (χ3n) is 2.62. The van der Waals surface area contributed by atoms with Crippen LogP contribution in [0.15, 0.2) is 28.9 Å². The molecular formula is C13H12BrClN2O. The molecule has 0 aliphatic rings. The molecule has 2 rings (SSSR count). The normalized spacial score (nSPS) is 10.7. The average Bonchev–Trinajstić information content (AvgIpc) is 2.58. The summed E-state index contributed by atoms with van der Waals surface area (Å²) in [7, 11) is 0. The third kappa shape index (κ3) is 2.65. The minimum absolute atomic E-state index is 0.120.